The van der Waals surface area contributed by atoms with Gasteiger partial charge >= 0.3 is 39.5 Å². The standard InChI is InChI=1S/C70H136O17P2/c1-7-9-11-13-14-15-23-31-36-42-48-54-69(74)86-65(58-80-67(72)52-46-38-12-10-8-2)60-84-88(76,77)82-56-64(71)57-83-89(78,79)85-61-66(59-81-68(73)53-47-41-35-30-27-22-25-29-34-40-45-51-63(5)6)87-70(75)55-49-43-37-32-26-21-19-17-16-18-20-24-28-33-39-44-50-62(3)4/h62-66,71H,7-61H2,1-6H3,(H,76,77)(H,78,79)/t64-,65+,66+/m0/s1. The maximum atomic E-state index is 13.0. The van der Waals surface area contributed by atoms with E-state index in [0.717, 1.165) is 108 Å². The smallest absolute Gasteiger partial charge is 0.462 e. The fourth-order valence-corrected chi connectivity index (χ4v) is 12.2. The summed E-state index contributed by atoms with van der Waals surface area (Å²) in [4.78, 5) is 72.2. The van der Waals surface area contributed by atoms with E-state index in [-0.39, 0.29) is 25.7 Å². The Morgan fingerprint density at radius 3 is 0.764 bits per heavy atom. The minimum Gasteiger partial charge on any atom is -0.462 e. The van der Waals surface area contributed by atoms with Crippen molar-refractivity contribution in [2.45, 2.75) is 374 Å². The lowest BCUT2D eigenvalue weighted by Crippen LogP contribution is -2.30. The normalized spacial score (nSPS) is 14.1. The van der Waals surface area contributed by atoms with Gasteiger partial charge in [0.2, 0.25) is 0 Å². The molecule has 0 aliphatic heterocycles. The van der Waals surface area contributed by atoms with E-state index in [2.05, 4.69) is 41.5 Å². The number of unbranched alkanes of at least 4 members (excludes halogenated alkanes) is 39. The van der Waals surface area contributed by atoms with Crippen LogP contribution >= 0.6 is 15.6 Å². The summed E-state index contributed by atoms with van der Waals surface area (Å²) in [5, 5.41) is 10.6. The van der Waals surface area contributed by atoms with Crippen LogP contribution < -0.4 is 0 Å². The van der Waals surface area contributed by atoms with Crippen molar-refractivity contribution in [2.24, 2.45) is 11.8 Å². The van der Waals surface area contributed by atoms with E-state index in [4.69, 9.17) is 37.0 Å². The molecule has 2 unspecified atom stereocenters. The molecular weight excluding hydrogens is 1170 g/mol. The van der Waals surface area contributed by atoms with Gasteiger partial charge < -0.3 is 33.8 Å². The van der Waals surface area contributed by atoms with E-state index < -0.39 is 97.5 Å². The number of hydrogen-bond donors (Lipinski definition) is 3. The van der Waals surface area contributed by atoms with Gasteiger partial charge in [-0.05, 0) is 37.5 Å². The van der Waals surface area contributed by atoms with Gasteiger partial charge in [-0.2, -0.15) is 0 Å². The molecule has 19 heteroatoms. The van der Waals surface area contributed by atoms with E-state index in [9.17, 15) is 43.2 Å². The molecule has 0 radical (unpaired) electrons. The summed E-state index contributed by atoms with van der Waals surface area (Å²) >= 11 is 0. The van der Waals surface area contributed by atoms with Crippen LogP contribution in [0, 0.1) is 11.8 Å². The van der Waals surface area contributed by atoms with E-state index in [0.29, 0.717) is 25.7 Å². The lowest BCUT2D eigenvalue weighted by molar-refractivity contribution is -0.161. The molecule has 17 nitrogen and oxygen atoms in total. The lowest BCUT2D eigenvalue weighted by Gasteiger charge is -2.21. The molecular formula is C70H136O17P2. The molecule has 0 rings (SSSR count). The summed E-state index contributed by atoms with van der Waals surface area (Å²) in [5.41, 5.74) is 0. The van der Waals surface area contributed by atoms with Crippen molar-refractivity contribution in [3.63, 3.8) is 0 Å². The van der Waals surface area contributed by atoms with Crippen LogP contribution in [0.1, 0.15) is 356 Å². The van der Waals surface area contributed by atoms with Crippen LogP contribution in [-0.2, 0) is 65.4 Å². The Balaban J connectivity index is 5.14. The maximum Gasteiger partial charge on any atom is 0.472 e. The number of carbonyl (C=O) groups is 4. The molecule has 0 amide bonds. The van der Waals surface area contributed by atoms with Gasteiger partial charge in [-0.1, -0.05) is 305 Å². The number of rotatable bonds is 69. The summed E-state index contributed by atoms with van der Waals surface area (Å²) in [5.74, 6) is -0.554. The summed E-state index contributed by atoms with van der Waals surface area (Å²) in [6.07, 6.45) is 47.6. The third-order valence-electron chi connectivity index (χ3n) is 16.2. The first-order valence-electron chi connectivity index (χ1n) is 36.5. The van der Waals surface area contributed by atoms with Crippen LogP contribution in [0.3, 0.4) is 0 Å². The van der Waals surface area contributed by atoms with Gasteiger partial charge in [-0.25, -0.2) is 9.13 Å². The Morgan fingerprint density at radius 1 is 0.303 bits per heavy atom. The fourth-order valence-electron chi connectivity index (χ4n) is 10.6. The van der Waals surface area contributed by atoms with E-state index in [1.54, 1.807) is 0 Å². The molecule has 0 bridgehead atoms. The first-order chi connectivity index (χ1) is 42.9. The minimum atomic E-state index is -4.95. The van der Waals surface area contributed by atoms with Crippen molar-refractivity contribution in [3.8, 4) is 0 Å². The SMILES string of the molecule is CCCCCCCCCCCCCC(=O)O[C@H](COC(=O)CCCCCCC)COP(=O)(O)OC[C@H](O)COP(=O)(O)OC[C@@H](COC(=O)CCCCCCCCCCCCCC(C)C)OC(=O)CCCCCCCCCCCCCCCCCCC(C)C. The third kappa shape index (κ3) is 64.6. The average Bonchev–Trinajstić information content (AvgIpc) is 3.65. The molecule has 89 heavy (non-hydrogen) atoms. The third-order valence-corrected chi connectivity index (χ3v) is 18.1. The second kappa shape index (κ2) is 62.2. The predicted octanol–water partition coefficient (Wildman–Crippen LogP) is 20.0. The first-order valence-corrected chi connectivity index (χ1v) is 39.5. The maximum absolute atomic E-state index is 13.0. The number of hydrogen-bond acceptors (Lipinski definition) is 15. The molecule has 3 N–H and O–H groups in total. The topological polar surface area (TPSA) is 237 Å². The second-order valence-electron chi connectivity index (χ2n) is 26.2. The van der Waals surface area contributed by atoms with Gasteiger partial charge in [0.1, 0.15) is 19.3 Å². The summed E-state index contributed by atoms with van der Waals surface area (Å²) in [7, 11) is -9.89. The minimum absolute atomic E-state index is 0.106. The Hall–Kier alpha value is -1.94. The summed E-state index contributed by atoms with van der Waals surface area (Å²) in [6, 6.07) is 0. The van der Waals surface area contributed by atoms with Crippen LogP contribution in [0.25, 0.3) is 0 Å². The zero-order valence-corrected chi connectivity index (χ0v) is 59.5. The monoisotopic (exact) mass is 1310 g/mol. The van der Waals surface area contributed by atoms with Gasteiger partial charge in [0, 0.05) is 25.7 Å². The Kier molecular flexibility index (Phi) is 60.8. The highest BCUT2D eigenvalue weighted by molar-refractivity contribution is 7.47. The zero-order chi connectivity index (χ0) is 65.7. The summed E-state index contributed by atoms with van der Waals surface area (Å²) < 4.78 is 68.1. The molecule has 0 aromatic rings. The molecule has 0 aliphatic rings. The van der Waals surface area contributed by atoms with Gasteiger partial charge in [-0.15, -0.1) is 0 Å². The van der Waals surface area contributed by atoms with Gasteiger partial charge in [0.25, 0.3) is 0 Å². The highest BCUT2D eigenvalue weighted by atomic mass is 31.2. The molecule has 0 spiro atoms. The van der Waals surface area contributed by atoms with Crippen molar-refractivity contribution in [2.75, 3.05) is 39.6 Å². The lowest BCUT2D eigenvalue weighted by atomic mass is 10.0. The zero-order valence-electron chi connectivity index (χ0n) is 57.7. The van der Waals surface area contributed by atoms with Crippen molar-refractivity contribution in [1.29, 1.82) is 0 Å². The quantitative estimate of drug-likeness (QED) is 0.0222. The van der Waals surface area contributed by atoms with E-state index in [1.807, 2.05) is 0 Å². The molecule has 0 heterocycles. The molecule has 0 aliphatic carbocycles. The number of phosphoric ester groups is 2. The Bertz CT molecular complexity index is 1730. The van der Waals surface area contributed by atoms with Gasteiger partial charge in [-0.3, -0.25) is 37.3 Å². The second-order valence-corrected chi connectivity index (χ2v) is 29.1. The van der Waals surface area contributed by atoms with Gasteiger partial charge in [0.05, 0.1) is 26.4 Å². The number of ether oxygens (including phenoxy) is 4. The van der Waals surface area contributed by atoms with Crippen LogP contribution in [0.4, 0.5) is 0 Å². The number of esters is 4. The number of carbonyl (C=O) groups excluding carboxylic acids is 4. The number of aliphatic hydroxyl groups is 1. The molecule has 528 valence electrons. The van der Waals surface area contributed by atoms with Crippen molar-refractivity contribution in [3.05, 3.63) is 0 Å². The highest BCUT2D eigenvalue weighted by Gasteiger charge is 2.30. The molecule has 0 saturated carbocycles. The predicted molar refractivity (Wildman–Crippen MR) is 358 cm³/mol. The highest BCUT2D eigenvalue weighted by Crippen LogP contribution is 2.45. The first kappa shape index (κ1) is 87.1. The average molecular weight is 1310 g/mol. The van der Waals surface area contributed by atoms with Crippen molar-refractivity contribution >= 4 is 39.5 Å². The molecule has 0 aromatic heterocycles. The fraction of sp³-hybridized carbons (Fsp3) is 0.943. The Labute approximate surface area is 543 Å². The molecule has 0 saturated heterocycles. The van der Waals surface area contributed by atoms with Crippen molar-refractivity contribution < 1.29 is 80.2 Å². The van der Waals surface area contributed by atoms with Crippen LogP contribution in [-0.4, -0.2) is 96.7 Å². The van der Waals surface area contributed by atoms with Crippen molar-refractivity contribution in [1.82, 2.24) is 0 Å². The van der Waals surface area contributed by atoms with Crippen LogP contribution in [0.15, 0.2) is 0 Å². The van der Waals surface area contributed by atoms with E-state index >= 15 is 0 Å². The largest absolute Gasteiger partial charge is 0.472 e. The Morgan fingerprint density at radius 2 is 0.517 bits per heavy atom. The molecule has 0 fully saturated rings. The molecule has 0 aromatic carbocycles. The molecule has 5 atom stereocenters. The number of phosphoric acid groups is 2. The van der Waals surface area contributed by atoms with E-state index in [1.165, 1.54) is 167 Å². The van der Waals surface area contributed by atoms with Crippen LogP contribution in [0.2, 0.25) is 0 Å². The number of aliphatic hydroxyl groups excluding tert-OH is 1. The summed E-state index contributed by atoms with van der Waals surface area (Å²) in [6.45, 7) is 9.49. The van der Waals surface area contributed by atoms with Crippen LogP contribution in [0.5, 0.6) is 0 Å². The van der Waals surface area contributed by atoms with Gasteiger partial charge in [0.15, 0.2) is 12.2 Å².